The van der Waals surface area contributed by atoms with Crippen molar-refractivity contribution in [2.45, 2.75) is 19.4 Å². The summed E-state index contributed by atoms with van der Waals surface area (Å²) in [4.78, 5) is 24.8. The lowest BCUT2D eigenvalue weighted by atomic mass is 9.88. The molecule has 0 amide bonds. The van der Waals surface area contributed by atoms with E-state index in [1.807, 2.05) is 72.3 Å². The van der Waals surface area contributed by atoms with Crippen molar-refractivity contribution in [1.29, 1.82) is 0 Å². The van der Waals surface area contributed by atoms with E-state index in [4.69, 9.17) is 33.7 Å². The second kappa shape index (κ2) is 11.5. The Balaban J connectivity index is 1.75. The molecule has 0 bridgehead atoms. The molecular weight excluding hydrogens is 549 g/mol. The number of halogens is 2. The third kappa shape index (κ3) is 5.41. The number of aromatic nitrogens is 4. The number of benzene rings is 3. The number of carbonyl (C=O) groups excluding carboxylic acids is 2. The molecular formula is C30H26Cl2N5O3+. The standard InChI is InChI=1S/C30H25Cl2N5O3/c1-3-40-30(39)26(38)16-37-25-12-9-20(14-24(25)23(15-27(37)33)19-5-4-6-22(32)13-19)28(29-35-34-17-36(29)2)18-7-10-21(31)11-8-18/h4-15,17,28,33H,3,16H2,1-2H3/p+1. The molecule has 3 aromatic carbocycles. The van der Waals surface area contributed by atoms with Gasteiger partial charge in [-0.2, -0.15) is 0 Å². The lowest BCUT2D eigenvalue weighted by Crippen LogP contribution is -2.44. The molecule has 1 atom stereocenters. The first-order valence-electron chi connectivity index (χ1n) is 12.6. The molecule has 2 N–H and O–H groups in total. The molecule has 5 rings (SSSR count). The molecule has 8 nitrogen and oxygen atoms in total. The Bertz CT molecular complexity index is 1730. The Kier molecular flexibility index (Phi) is 7.82. The largest absolute Gasteiger partial charge is 0.460 e. The molecule has 2 aromatic heterocycles. The average Bonchev–Trinajstić information content (AvgIpc) is 3.36. The van der Waals surface area contributed by atoms with Gasteiger partial charge in [-0.3, -0.25) is 10.5 Å². The molecule has 40 heavy (non-hydrogen) atoms. The minimum Gasteiger partial charge on any atom is -0.460 e. The minimum absolute atomic E-state index is 0.108. The summed E-state index contributed by atoms with van der Waals surface area (Å²) >= 11 is 12.5. The zero-order valence-corrected chi connectivity index (χ0v) is 23.4. The predicted octanol–water partition coefficient (Wildman–Crippen LogP) is 5.12. The summed E-state index contributed by atoms with van der Waals surface area (Å²) < 4.78 is 8.41. The number of pyridine rings is 1. The number of ketones is 1. The summed E-state index contributed by atoms with van der Waals surface area (Å²) in [7, 11) is 1.90. The van der Waals surface area contributed by atoms with Gasteiger partial charge in [0.1, 0.15) is 17.7 Å². The van der Waals surface area contributed by atoms with E-state index < -0.39 is 11.8 Å². The van der Waals surface area contributed by atoms with Gasteiger partial charge in [0.15, 0.2) is 6.54 Å². The molecule has 0 aliphatic rings. The molecule has 1 unspecified atom stereocenters. The Hall–Kier alpha value is -4.27. The van der Waals surface area contributed by atoms with E-state index in [-0.39, 0.29) is 19.1 Å². The molecule has 0 spiro atoms. The number of carbonyl (C=O) groups is 2. The third-order valence-electron chi connectivity index (χ3n) is 6.69. The van der Waals surface area contributed by atoms with Gasteiger partial charge >= 0.3 is 5.97 Å². The van der Waals surface area contributed by atoms with Crippen molar-refractivity contribution in [3.63, 3.8) is 0 Å². The van der Waals surface area contributed by atoms with E-state index in [2.05, 4.69) is 10.2 Å². The van der Waals surface area contributed by atoms with Crippen molar-refractivity contribution in [2.24, 2.45) is 7.05 Å². The van der Waals surface area contributed by atoms with Gasteiger partial charge in [0.25, 0.3) is 11.6 Å². The van der Waals surface area contributed by atoms with Gasteiger partial charge in [0.2, 0.25) is 0 Å². The van der Waals surface area contributed by atoms with Crippen LogP contribution in [-0.4, -0.2) is 33.1 Å². The van der Waals surface area contributed by atoms with Gasteiger partial charge in [-0.15, -0.1) is 10.2 Å². The third-order valence-corrected chi connectivity index (χ3v) is 7.17. The summed E-state index contributed by atoms with van der Waals surface area (Å²) in [5, 5.41) is 10.5. The van der Waals surface area contributed by atoms with Crippen LogP contribution in [0.5, 0.6) is 0 Å². The van der Waals surface area contributed by atoms with Gasteiger partial charge in [0, 0.05) is 34.1 Å². The van der Waals surface area contributed by atoms with E-state index in [1.165, 1.54) is 0 Å². The molecule has 202 valence electrons. The highest BCUT2D eigenvalue weighted by atomic mass is 35.5. The number of fused-ring (bicyclic) bond motifs is 1. The number of anilines is 1. The van der Waals surface area contributed by atoms with Crippen LogP contribution in [0.3, 0.4) is 0 Å². The fourth-order valence-electron chi connectivity index (χ4n) is 4.82. The minimum atomic E-state index is -0.900. The van der Waals surface area contributed by atoms with Crippen molar-refractivity contribution in [3.05, 3.63) is 106 Å². The van der Waals surface area contributed by atoms with E-state index >= 15 is 0 Å². The Morgan fingerprint density at radius 3 is 2.42 bits per heavy atom. The van der Waals surface area contributed by atoms with Crippen LogP contribution in [0.1, 0.15) is 29.8 Å². The smallest absolute Gasteiger partial charge is 0.378 e. The fraction of sp³-hybridized carbons (Fsp3) is 0.167. The maximum absolute atomic E-state index is 12.7. The topological polar surface area (TPSA) is 104 Å². The number of nitrogens with two attached hydrogens (primary N) is 1. The van der Waals surface area contributed by atoms with Gasteiger partial charge in [0.05, 0.1) is 12.5 Å². The summed E-state index contributed by atoms with van der Waals surface area (Å²) in [6.07, 6.45) is 1.66. The Morgan fingerprint density at radius 1 is 1.00 bits per heavy atom. The summed E-state index contributed by atoms with van der Waals surface area (Å²) in [5.74, 6) is -0.809. The lowest BCUT2D eigenvalue weighted by Gasteiger charge is -2.19. The summed E-state index contributed by atoms with van der Waals surface area (Å²) in [5.41, 5.74) is 10.7. The first-order valence-corrected chi connectivity index (χ1v) is 13.3. The number of rotatable bonds is 8. The van der Waals surface area contributed by atoms with Crippen molar-refractivity contribution in [3.8, 4) is 11.1 Å². The SMILES string of the molecule is CCOC(=O)C(=O)C[n+]1c(N)cc(-c2cccc(Cl)c2)c2cc(C(c3ccc(Cl)cc3)c3nncn3C)ccc21. The highest BCUT2D eigenvalue weighted by molar-refractivity contribution is 6.33. The van der Waals surface area contributed by atoms with Gasteiger partial charge < -0.3 is 9.30 Å². The van der Waals surface area contributed by atoms with Crippen LogP contribution < -0.4 is 10.3 Å². The number of nitrogens with zero attached hydrogens (tertiary/aromatic N) is 4. The number of hydrogen-bond acceptors (Lipinski definition) is 6. The monoisotopic (exact) mass is 574 g/mol. The molecule has 0 saturated heterocycles. The number of ether oxygens (including phenoxy) is 1. The summed E-state index contributed by atoms with van der Waals surface area (Å²) in [6.45, 7) is 1.49. The second-order valence-corrected chi connectivity index (χ2v) is 10.2. The molecule has 0 fully saturated rings. The van der Waals surface area contributed by atoms with Crippen molar-refractivity contribution < 1.29 is 18.9 Å². The lowest BCUT2D eigenvalue weighted by molar-refractivity contribution is -0.643. The normalized spacial score (nSPS) is 11.9. The van der Waals surface area contributed by atoms with Crippen LogP contribution in [0.2, 0.25) is 10.0 Å². The number of nitrogen functional groups attached to an aromatic ring is 1. The van der Waals surface area contributed by atoms with Crippen molar-refractivity contribution >= 4 is 51.7 Å². The zero-order chi connectivity index (χ0) is 28.4. The zero-order valence-electron chi connectivity index (χ0n) is 21.8. The number of aryl methyl sites for hydroxylation is 1. The maximum Gasteiger partial charge on any atom is 0.378 e. The fourth-order valence-corrected chi connectivity index (χ4v) is 5.13. The van der Waals surface area contributed by atoms with Gasteiger partial charge in [-0.1, -0.05) is 53.5 Å². The Labute approximate surface area is 240 Å². The van der Waals surface area contributed by atoms with Crippen LogP contribution >= 0.6 is 23.2 Å². The van der Waals surface area contributed by atoms with Crippen LogP contribution in [0.25, 0.3) is 22.0 Å². The van der Waals surface area contributed by atoms with E-state index in [0.29, 0.717) is 21.4 Å². The predicted molar refractivity (Wildman–Crippen MR) is 154 cm³/mol. The molecule has 0 radical (unpaired) electrons. The van der Waals surface area contributed by atoms with Crippen molar-refractivity contribution in [2.75, 3.05) is 12.3 Å². The van der Waals surface area contributed by atoms with Crippen LogP contribution in [-0.2, 0) is 27.9 Å². The first kappa shape index (κ1) is 27.3. The number of hydrogen-bond donors (Lipinski definition) is 1. The molecule has 10 heteroatoms. The maximum atomic E-state index is 12.7. The van der Waals surface area contributed by atoms with Gasteiger partial charge in [-0.05, 0) is 60.0 Å². The van der Waals surface area contributed by atoms with E-state index in [0.717, 1.165) is 33.5 Å². The first-order chi connectivity index (χ1) is 19.3. The molecule has 2 heterocycles. The van der Waals surface area contributed by atoms with E-state index in [1.54, 1.807) is 30.0 Å². The Morgan fingerprint density at radius 2 is 1.75 bits per heavy atom. The van der Waals surface area contributed by atoms with Crippen LogP contribution in [0.4, 0.5) is 5.82 Å². The molecule has 0 aliphatic heterocycles. The van der Waals surface area contributed by atoms with E-state index in [9.17, 15) is 9.59 Å². The van der Waals surface area contributed by atoms with Crippen LogP contribution in [0.15, 0.2) is 79.1 Å². The van der Waals surface area contributed by atoms with Crippen molar-refractivity contribution in [1.82, 2.24) is 14.8 Å². The molecule has 5 aromatic rings. The quantitative estimate of drug-likeness (QED) is 0.156. The summed E-state index contributed by atoms with van der Waals surface area (Å²) in [6, 6.07) is 22.8. The average molecular weight is 575 g/mol. The highest BCUT2D eigenvalue weighted by Crippen LogP contribution is 2.36. The number of Topliss-reactive ketones (excluding diaryl/α,β-unsaturated/α-hetero) is 1. The van der Waals surface area contributed by atoms with Gasteiger partial charge in [-0.25, -0.2) is 9.36 Å². The van der Waals surface area contributed by atoms with Crippen LogP contribution in [0, 0.1) is 0 Å². The number of esters is 1. The second-order valence-electron chi connectivity index (χ2n) is 9.28. The molecule has 0 saturated carbocycles. The molecule has 0 aliphatic carbocycles. The highest BCUT2D eigenvalue weighted by Gasteiger charge is 2.26.